The minimum Gasteiger partial charge on any atom is -0.375 e. The number of methoxy groups -OCH3 is 1. The average Bonchev–Trinajstić information content (AvgIpc) is 3.13. The third-order valence-corrected chi connectivity index (χ3v) is 4.69. The first-order valence-electron chi connectivity index (χ1n) is 8.14. The Morgan fingerprint density at radius 1 is 1.29 bits per heavy atom. The maximum atomic E-state index is 11.6. The normalized spacial score (nSPS) is 18.7. The molecule has 1 amide bonds. The number of ether oxygens (including phenoxy) is 1. The molecule has 116 valence electrons. The molecule has 2 aliphatic rings. The number of amides is 1. The van der Waals surface area contributed by atoms with Gasteiger partial charge < -0.3 is 10.1 Å². The molecule has 1 N–H and O–H groups in total. The number of fused-ring (bicyclic) bond motifs is 1. The quantitative estimate of drug-likeness (QED) is 0.904. The molecule has 0 saturated heterocycles. The Labute approximate surface area is 126 Å². The number of carbonyl (C=O) groups excluding carboxylic acids is 1. The number of nitrogens with zero attached hydrogens (tertiary/aromatic N) is 2. The predicted molar refractivity (Wildman–Crippen MR) is 80.1 cm³/mol. The molecular formula is C16H25N3O2. The summed E-state index contributed by atoms with van der Waals surface area (Å²) in [6.45, 7) is 0.649. The van der Waals surface area contributed by atoms with E-state index in [4.69, 9.17) is 9.84 Å². The number of nitrogens with one attached hydrogen (secondary N) is 1. The van der Waals surface area contributed by atoms with Crippen molar-refractivity contribution in [2.45, 2.75) is 64.0 Å². The van der Waals surface area contributed by atoms with Crippen molar-refractivity contribution < 1.29 is 9.53 Å². The highest BCUT2D eigenvalue weighted by Crippen LogP contribution is 2.34. The molecule has 1 fully saturated rings. The van der Waals surface area contributed by atoms with Gasteiger partial charge in [-0.25, -0.2) is 0 Å². The van der Waals surface area contributed by atoms with Crippen LogP contribution in [0.1, 0.15) is 61.5 Å². The Kier molecular flexibility index (Phi) is 4.58. The van der Waals surface area contributed by atoms with E-state index in [2.05, 4.69) is 10.00 Å². The van der Waals surface area contributed by atoms with Crippen LogP contribution in [-0.2, 0) is 28.9 Å². The van der Waals surface area contributed by atoms with Crippen LogP contribution in [0.5, 0.6) is 0 Å². The maximum absolute atomic E-state index is 11.6. The van der Waals surface area contributed by atoms with Crippen molar-refractivity contribution in [3.63, 3.8) is 0 Å². The van der Waals surface area contributed by atoms with Gasteiger partial charge in [-0.2, -0.15) is 5.10 Å². The van der Waals surface area contributed by atoms with Crippen LogP contribution in [0.2, 0.25) is 0 Å². The zero-order chi connectivity index (χ0) is 14.7. The molecule has 0 atom stereocenters. The lowest BCUT2D eigenvalue weighted by Crippen LogP contribution is -2.27. The van der Waals surface area contributed by atoms with Gasteiger partial charge in [0.2, 0.25) is 5.91 Å². The van der Waals surface area contributed by atoms with Gasteiger partial charge in [0.25, 0.3) is 0 Å². The van der Waals surface area contributed by atoms with Gasteiger partial charge in [-0.05, 0) is 44.1 Å². The van der Waals surface area contributed by atoms with Crippen molar-refractivity contribution in [1.82, 2.24) is 15.1 Å². The maximum Gasteiger partial charge on any atom is 0.246 e. The van der Waals surface area contributed by atoms with E-state index in [1.807, 2.05) is 0 Å². The lowest BCUT2D eigenvalue weighted by Gasteiger charge is -2.18. The molecule has 21 heavy (non-hydrogen) atoms. The van der Waals surface area contributed by atoms with E-state index >= 15 is 0 Å². The average molecular weight is 291 g/mol. The van der Waals surface area contributed by atoms with Gasteiger partial charge in [-0.1, -0.05) is 12.8 Å². The number of hydrogen-bond acceptors (Lipinski definition) is 3. The highest BCUT2D eigenvalue weighted by Gasteiger charge is 2.26. The number of rotatable bonds is 5. The molecule has 0 spiro atoms. The van der Waals surface area contributed by atoms with E-state index in [1.165, 1.54) is 56.9 Å². The van der Waals surface area contributed by atoms with Crippen molar-refractivity contribution in [1.29, 1.82) is 0 Å². The molecule has 1 aromatic rings. The molecule has 1 heterocycles. The summed E-state index contributed by atoms with van der Waals surface area (Å²) >= 11 is 0. The van der Waals surface area contributed by atoms with Gasteiger partial charge in [0.05, 0.1) is 18.3 Å². The highest BCUT2D eigenvalue weighted by molar-refractivity contribution is 5.77. The summed E-state index contributed by atoms with van der Waals surface area (Å²) in [6, 6.07) is 0.584. The van der Waals surface area contributed by atoms with Crippen molar-refractivity contribution in [3.8, 4) is 0 Å². The van der Waals surface area contributed by atoms with Crippen LogP contribution in [0, 0.1) is 0 Å². The Bertz CT molecular complexity index is 504. The van der Waals surface area contributed by atoms with Crippen LogP contribution >= 0.6 is 0 Å². The van der Waals surface area contributed by atoms with Crippen molar-refractivity contribution in [2.24, 2.45) is 0 Å². The molecule has 0 unspecified atom stereocenters. The summed E-state index contributed by atoms with van der Waals surface area (Å²) < 4.78 is 7.14. The topological polar surface area (TPSA) is 56.1 Å². The second-order valence-corrected chi connectivity index (χ2v) is 6.17. The zero-order valence-corrected chi connectivity index (χ0v) is 12.9. The van der Waals surface area contributed by atoms with E-state index in [0.717, 1.165) is 18.5 Å². The van der Waals surface area contributed by atoms with Gasteiger partial charge in [0.1, 0.15) is 6.61 Å². The van der Waals surface area contributed by atoms with Crippen LogP contribution in [0.15, 0.2) is 0 Å². The van der Waals surface area contributed by atoms with E-state index in [0.29, 0.717) is 12.6 Å². The fourth-order valence-electron chi connectivity index (χ4n) is 3.66. The molecule has 2 aliphatic carbocycles. The minimum absolute atomic E-state index is 0.0718. The van der Waals surface area contributed by atoms with E-state index in [1.54, 1.807) is 0 Å². The lowest BCUT2D eigenvalue weighted by atomic mass is 9.95. The zero-order valence-electron chi connectivity index (χ0n) is 12.9. The molecular weight excluding hydrogens is 266 g/mol. The van der Waals surface area contributed by atoms with Crippen molar-refractivity contribution in [2.75, 3.05) is 13.7 Å². The summed E-state index contributed by atoms with van der Waals surface area (Å²) in [5.74, 6) is -0.0718. The van der Waals surface area contributed by atoms with Crippen LogP contribution in [0.4, 0.5) is 0 Å². The molecule has 0 aliphatic heterocycles. The fourth-order valence-corrected chi connectivity index (χ4v) is 3.66. The van der Waals surface area contributed by atoms with Gasteiger partial charge in [-0.3, -0.25) is 9.48 Å². The third kappa shape index (κ3) is 3.12. The standard InChI is InChI=1S/C16H25N3O2/c1-21-11-16(20)17-10-14-13-8-4-5-9-15(13)19(18-14)12-6-2-3-7-12/h12H,2-11H2,1H3,(H,17,20). The summed E-state index contributed by atoms with van der Waals surface area (Å²) in [5.41, 5.74) is 3.90. The Morgan fingerprint density at radius 2 is 2.05 bits per heavy atom. The molecule has 0 bridgehead atoms. The lowest BCUT2D eigenvalue weighted by molar-refractivity contribution is -0.124. The monoisotopic (exact) mass is 291 g/mol. The third-order valence-electron chi connectivity index (χ3n) is 4.69. The summed E-state index contributed by atoms with van der Waals surface area (Å²) in [4.78, 5) is 11.6. The van der Waals surface area contributed by atoms with Crippen LogP contribution in [-0.4, -0.2) is 29.4 Å². The van der Waals surface area contributed by atoms with Gasteiger partial charge in [0.15, 0.2) is 0 Å². The fraction of sp³-hybridized carbons (Fsp3) is 0.750. The van der Waals surface area contributed by atoms with Crippen LogP contribution in [0.3, 0.4) is 0 Å². The predicted octanol–water partition coefficient (Wildman–Crippen LogP) is 2.14. The summed E-state index contributed by atoms with van der Waals surface area (Å²) in [7, 11) is 1.54. The molecule has 0 radical (unpaired) electrons. The Morgan fingerprint density at radius 3 is 2.81 bits per heavy atom. The molecule has 3 rings (SSSR count). The molecule has 0 aromatic carbocycles. The molecule has 5 nitrogen and oxygen atoms in total. The number of aromatic nitrogens is 2. The molecule has 1 aromatic heterocycles. The van der Waals surface area contributed by atoms with Gasteiger partial charge in [-0.15, -0.1) is 0 Å². The van der Waals surface area contributed by atoms with Crippen molar-refractivity contribution >= 4 is 5.91 Å². The first kappa shape index (κ1) is 14.6. The van der Waals surface area contributed by atoms with Crippen molar-refractivity contribution in [3.05, 3.63) is 17.0 Å². The number of carbonyl (C=O) groups is 1. The van der Waals surface area contributed by atoms with E-state index in [9.17, 15) is 4.79 Å². The minimum atomic E-state index is -0.0718. The van der Waals surface area contributed by atoms with E-state index in [-0.39, 0.29) is 12.5 Å². The van der Waals surface area contributed by atoms with Gasteiger partial charge >= 0.3 is 0 Å². The second kappa shape index (κ2) is 6.60. The Hall–Kier alpha value is -1.36. The van der Waals surface area contributed by atoms with Crippen LogP contribution in [0.25, 0.3) is 0 Å². The Balaban J connectivity index is 1.78. The first-order valence-corrected chi connectivity index (χ1v) is 8.14. The van der Waals surface area contributed by atoms with Crippen LogP contribution < -0.4 is 5.32 Å². The first-order chi connectivity index (χ1) is 10.3. The highest BCUT2D eigenvalue weighted by atomic mass is 16.5. The summed E-state index contributed by atoms with van der Waals surface area (Å²) in [5, 5.41) is 7.78. The van der Waals surface area contributed by atoms with Gasteiger partial charge in [0, 0.05) is 12.8 Å². The van der Waals surface area contributed by atoms with E-state index < -0.39 is 0 Å². The molecule has 5 heteroatoms. The molecule has 1 saturated carbocycles. The SMILES string of the molecule is COCC(=O)NCc1nn(C2CCCC2)c2c1CCCC2. The second-order valence-electron chi connectivity index (χ2n) is 6.17. The summed E-state index contributed by atoms with van der Waals surface area (Å²) in [6.07, 6.45) is 9.90. The number of hydrogen-bond donors (Lipinski definition) is 1. The smallest absolute Gasteiger partial charge is 0.246 e. The largest absolute Gasteiger partial charge is 0.375 e.